The number of hydrogen-bond acceptors (Lipinski definition) is 7. The van der Waals surface area contributed by atoms with Crippen molar-refractivity contribution >= 4 is 17.5 Å². The molecular weight excluding hydrogens is 350 g/mol. The Kier molecular flexibility index (Phi) is 5.41. The van der Waals surface area contributed by atoms with E-state index < -0.39 is 4.90 Å². The molecule has 1 aliphatic heterocycles. The van der Waals surface area contributed by atoms with Crippen molar-refractivity contribution in [2.24, 2.45) is 0 Å². The Bertz CT molecular complexity index is 884. The van der Waals surface area contributed by atoms with Gasteiger partial charge in [0.2, 0.25) is 5.71 Å². The lowest BCUT2D eigenvalue weighted by atomic mass is 9.98. The van der Waals surface area contributed by atoms with Crippen LogP contribution < -0.4 is 15.6 Å². The van der Waals surface area contributed by atoms with Crippen molar-refractivity contribution in [1.29, 1.82) is 0 Å². The van der Waals surface area contributed by atoms with Gasteiger partial charge in [0.15, 0.2) is 0 Å². The number of nitrogens with one attached hydrogen (secondary N) is 1. The van der Waals surface area contributed by atoms with Gasteiger partial charge in [-0.1, -0.05) is 30.0 Å². The molecule has 0 saturated heterocycles. The van der Waals surface area contributed by atoms with E-state index in [-0.39, 0.29) is 22.4 Å². The Labute approximate surface area is 155 Å². The summed E-state index contributed by atoms with van der Waals surface area (Å²) in [6.07, 6.45) is 9.45. The molecule has 0 amide bonds. The first kappa shape index (κ1) is 18.5. The highest BCUT2D eigenvalue weighted by Crippen LogP contribution is 2.21. The van der Waals surface area contributed by atoms with Crippen LogP contribution in [0.15, 0.2) is 77.1 Å². The summed E-state index contributed by atoms with van der Waals surface area (Å²) in [6.45, 7) is 0.834. The highest BCUT2D eigenvalue weighted by Gasteiger charge is 2.10. The van der Waals surface area contributed by atoms with E-state index in [4.69, 9.17) is 10.4 Å². The van der Waals surface area contributed by atoms with Gasteiger partial charge in [-0.15, -0.1) is 5.23 Å². The van der Waals surface area contributed by atoms with Crippen LogP contribution in [0.2, 0.25) is 0 Å². The normalized spacial score (nSPS) is 18.2. The molecule has 8 nitrogen and oxygen atoms in total. The molecule has 0 radical (unpaired) electrons. The molecular formula is C19H17N3O5-2. The van der Waals surface area contributed by atoms with E-state index >= 15 is 0 Å². The fourth-order valence-corrected chi connectivity index (χ4v) is 2.73. The van der Waals surface area contributed by atoms with Crippen molar-refractivity contribution in [3.8, 4) is 0 Å². The number of benzene rings is 1. The molecule has 0 atom stereocenters. The summed E-state index contributed by atoms with van der Waals surface area (Å²) in [7, 11) is 0. The van der Waals surface area contributed by atoms with Gasteiger partial charge in [0.05, 0.1) is 5.69 Å². The molecule has 2 aliphatic rings. The molecule has 1 aromatic carbocycles. The van der Waals surface area contributed by atoms with E-state index in [1.807, 2.05) is 0 Å². The monoisotopic (exact) mass is 367 g/mol. The molecule has 3 N–H and O–H groups in total. The van der Waals surface area contributed by atoms with Gasteiger partial charge in [-0.05, 0) is 46.6 Å². The Morgan fingerprint density at radius 3 is 2.22 bits per heavy atom. The van der Waals surface area contributed by atoms with Gasteiger partial charge in [-0.3, -0.25) is 10.4 Å². The van der Waals surface area contributed by atoms with E-state index in [0.717, 1.165) is 5.56 Å². The van der Waals surface area contributed by atoms with Crippen molar-refractivity contribution in [3.05, 3.63) is 93.1 Å². The Hall–Kier alpha value is -3.33. The maximum Gasteiger partial charge on any atom is 0.222 e. The summed E-state index contributed by atoms with van der Waals surface area (Å²) in [5.74, 6) is -0.0953. The molecule has 1 heterocycles. The molecule has 1 aromatic rings. The van der Waals surface area contributed by atoms with Gasteiger partial charge in [0.1, 0.15) is 0 Å². The molecule has 8 heteroatoms. The molecule has 0 fully saturated rings. The zero-order valence-electron chi connectivity index (χ0n) is 14.2. The Morgan fingerprint density at radius 2 is 1.63 bits per heavy atom. The van der Waals surface area contributed by atoms with Gasteiger partial charge < -0.3 is 20.8 Å². The standard InChI is InChI=1S/C19H18N3O5/c23-19-15(9-13-1-5-17(6-2-13)21(24)25)11-20-12-16(19)10-14-3-7-18(8-4-14)22(26)27/h1-10,20,24-25H,11-12H2,(H-,23,26,27)/q-1/p-1/b15-9+. The van der Waals surface area contributed by atoms with Crippen molar-refractivity contribution in [2.45, 2.75) is 0 Å². The summed E-state index contributed by atoms with van der Waals surface area (Å²) in [5.41, 5.74) is 2.81. The third-order valence-electron chi connectivity index (χ3n) is 4.12. The second kappa shape index (κ2) is 7.92. The minimum Gasteiger partial charge on any atom is -0.872 e. The second-order valence-electron chi connectivity index (χ2n) is 6.00. The van der Waals surface area contributed by atoms with Crippen molar-refractivity contribution in [1.82, 2.24) is 5.32 Å². The summed E-state index contributed by atoms with van der Waals surface area (Å²) in [5, 5.41) is 55.3. The van der Waals surface area contributed by atoms with Crippen LogP contribution in [0, 0.1) is 10.4 Å². The smallest absolute Gasteiger partial charge is 0.222 e. The highest BCUT2D eigenvalue weighted by molar-refractivity contribution is 6.02. The minimum atomic E-state index is -0.469. The topological polar surface area (TPSA) is 128 Å². The summed E-state index contributed by atoms with van der Waals surface area (Å²) in [6, 6.07) is 6.37. The largest absolute Gasteiger partial charge is 0.872 e. The number of hydrogen-bond donors (Lipinski definition) is 3. The quantitative estimate of drug-likeness (QED) is 0.544. The highest BCUT2D eigenvalue weighted by atomic mass is 16.8. The maximum absolute atomic E-state index is 12.7. The van der Waals surface area contributed by atoms with Crippen LogP contribution in [-0.2, 0) is 0 Å². The number of anilines is 1. The predicted octanol–water partition coefficient (Wildman–Crippen LogP) is 1.37. The molecule has 140 valence electrons. The van der Waals surface area contributed by atoms with Gasteiger partial charge in [-0.25, -0.2) is 0 Å². The molecule has 0 saturated carbocycles. The summed E-state index contributed by atoms with van der Waals surface area (Å²) >= 11 is 0. The van der Waals surface area contributed by atoms with Gasteiger partial charge in [-0.2, -0.15) is 4.90 Å². The lowest BCUT2D eigenvalue weighted by molar-refractivity contribution is -0.377. The van der Waals surface area contributed by atoms with Crippen LogP contribution in [0.5, 0.6) is 0 Å². The fourth-order valence-electron chi connectivity index (χ4n) is 2.73. The predicted molar refractivity (Wildman–Crippen MR) is 98.7 cm³/mol. The lowest BCUT2D eigenvalue weighted by Gasteiger charge is -2.27. The van der Waals surface area contributed by atoms with Crippen LogP contribution in [-0.4, -0.2) is 34.1 Å². The van der Waals surface area contributed by atoms with Gasteiger partial charge in [0, 0.05) is 25.2 Å². The molecule has 0 spiro atoms. The number of nitrogens with zero attached hydrogens (tertiary/aromatic N) is 2. The minimum absolute atomic E-state index is 0.00129. The zero-order chi connectivity index (χ0) is 19.4. The van der Waals surface area contributed by atoms with Crippen molar-refractivity contribution in [3.63, 3.8) is 0 Å². The van der Waals surface area contributed by atoms with E-state index in [1.165, 1.54) is 24.3 Å². The van der Waals surface area contributed by atoms with Crippen LogP contribution in [0.1, 0.15) is 5.56 Å². The number of allylic oxidation sites excluding steroid dienone is 5. The molecule has 1 aliphatic carbocycles. The Balaban J connectivity index is 1.85. The molecule has 0 unspecified atom stereocenters. The first-order valence-electron chi connectivity index (χ1n) is 8.13. The third-order valence-corrected chi connectivity index (χ3v) is 4.12. The Morgan fingerprint density at radius 1 is 0.963 bits per heavy atom. The van der Waals surface area contributed by atoms with Crippen LogP contribution in [0.3, 0.4) is 0 Å². The fraction of sp³-hybridized carbons (Fsp3) is 0.105. The number of rotatable bonds is 3. The molecule has 0 bridgehead atoms. The van der Waals surface area contributed by atoms with E-state index in [1.54, 1.807) is 36.4 Å². The van der Waals surface area contributed by atoms with E-state index in [2.05, 4.69) is 5.32 Å². The van der Waals surface area contributed by atoms with Crippen LogP contribution >= 0.6 is 0 Å². The molecule has 27 heavy (non-hydrogen) atoms. The SMILES string of the molecule is [O-]C1=C(C=C2C=CC(=[N+]([O-])[O-])C=C2)CNC/C1=C\c1ccc(N(O)O)cc1. The van der Waals surface area contributed by atoms with Gasteiger partial charge >= 0.3 is 0 Å². The zero-order valence-corrected chi connectivity index (χ0v) is 14.2. The summed E-state index contributed by atoms with van der Waals surface area (Å²) < 4.78 is 0. The average Bonchev–Trinajstić information content (AvgIpc) is 2.66. The first-order chi connectivity index (χ1) is 12.9. The average molecular weight is 367 g/mol. The van der Waals surface area contributed by atoms with E-state index in [0.29, 0.717) is 29.8 Å². The van der Waals surface area contributed by atoms with Crippen LogP contribution in [0.4, 0.5) is 5.69 Å². The lowest BCUT2D eigenvalue weighted by Crippen LogP contribution is -2.31. The van der Waals surface area contributed by atoms with Crippen molar-refractivity contribution < 1.29 is 20.4 Å². The summed E-state index contributed by atoms with van der Waals surface area (Å²) in [4.78, 5) is -0.469. The third kappa shape index (κ3) is 4.45. The molecule has 0 aromatic heterocycles. The molecule has 3 rings (SSSR count). The first-order valence-corrected chi connectivity index (χ1v) is 8.13. The maximum atomic E-state index is 12.7. The second-order valence-corrected chi connectivity index (χ2v) is 6.00. The van der Waals surface area contributed by atoms with Gasteiger partial charge in [0.25, 0.3) is 0 Å². The van der Waals surface area contributed by atoms with Crippen LogP contribution in [0.25, 0.3) is 6.08 Å². The van der Waals surface area contributed by atoms with E-state index in [9.17, 15) is 15.5 Å². The van der Waals surface area contributed by atoms with Crippen molar-refractivity contribution in [2.75, 3.05) is 18.3 Å².